The molecule has 16 heavy (non-hydrogen) atoms. The molecule has 0 N–H and O–H groups in total. The smallest absolute Gasteiger partial charge is 0.0146 e. The average molecular weight is 220 g/mol. The van der Waals surface area contributed by atoms with Crippen molar-refractivity contribution in [2.24, 2.45) is 22.7 Å². The second-order valence-corrected chi connectivity index (χ2v) is 7.86. The van der Waals surface area contributed by atoms with Crippen molar-refractivity contribution < 1.29 is 0 Å². The van der Waals surface area contributed by atoms with Crippen LogP contribution in [-0.4, -0.2) is 0 Å². The van der Waals surface area contributed by atoms with Crippen LogP contribution in [-0.2, 0) is 0 Å². The molecule has 2 atom stereocenters. The van der Waals surface area contributed by atoms with Gasteiger partial charge in [0, 0.05) is 0 Å². The number of fused-ring (bicyclic) bond motifs is 1. The second kappa shape index (κ2) is 3.62. The highest BCUT2D eigenvalue weighted by Gasteiger charge is 2.51. The molecule has 0 aromatic carbocycles. The molecule has 3 rings (SSSR count). The highest BCUT2D eigenvalue weighted by molar-refractivity contribution is 5.28. The van der Waals surface area contributed by atoms with Crippen molar-refractivity contribution in [3.05, 3.63) is 11.1 Å². The monoisotopic (exact) mass is 220 g/mol. The van der Waals surface area contributed by atoms with E-state index in [0.29, 0.717) is 10.8 Å². The summed E-state index contributed by atoms with van der Waals surface area (Å²) < 4.78 is 0. The SMILES string of the molecule is CC1=C(CCC(C)(C)C)CC2CC1C2(C)C. The Balaban J connectivity index is 2.05. The van der Waals surface area contributed by atoms with Crippen LogP contribution in [0.25, 0.3) is 0 Å². The highest BCUT2D eigenvalue weighted by Crippen LogP contribution is 2.61. The van der Waals surface area contributed by atoms with Gasteiger partial charge in [-0.05, 0) is 55.3 Å². The normalized spacial score (nSPS) is 32.6. The van der Waals surface area contributed by atoms with E-state index < -0.39 is 0 Å². The molecule has 2 bridgehead atoms. The van der Waals surface area contributed by atoms with Gasteiger partial charge in [0.05, 0.1) is 0 Å². The van der Waals surface area contributed by atoms with E-state index in [-0.39, 0.29) is 0 Å². The van der Waals surface area contributed by atoms with Crippen LogP contribution >= 0.6 is 0 Å². The zero-order valence-electron chi connectivity index (χ0n) is 12.0. The summed E-state index contributed by atoms with van der Waals surface area (Å²) in [5.41, 5.74) is 4.65. The summed E-state index contributed by atoms with van der Waals surface area (Å²) in [6.07, 6.45) is 5.56. The summed E-state index contributed by atoms with van der Waals surface area (Å²) in [4.78, 5) is 0. The largest absolute Gasteiger partial charge is 0.0707 e. The van der Waals surface area contributed by atoms with Gasteiger partial charge in [0.2, 0.25) is 0 Å². The van der Waals surface area contributed by atoms with Crippen LogP contribution in [0.15, 0.2) is 11.1 Å². The fourth-order valence-electron chi connectivity index (χ4n) is 3.63. The van der Waals surface area contributed by atoms with Gasteiger partial charge in [0.15, 0.2) is 0 Å². The Kier molecular flexibility index (Phi) is 2.76. The molecule has 0 heteroatoms. The Morgan fingerprint density at radius 2 is 1.88 bits per heavy atom. The summed E-state index contributed by atoms with van der Waals surface area (Å²) in [7, 11) is 0. The van der Waals surface area contributed by atoms with Crippen molar-refractivity contribution in [2.75, 3.05) is 0 Å². The molecule has 0 spiro atoms. The third-order valence-electron chi connectivity index (χ3n) is 5.22. The molecule has 2 unspecified atom stereocenters. The summed E-state index contributed by atoms with van der Waals surface area (Å²) >= 11 is 0. The summed E-state index contributed by atoms with van der Waals surface area (Å²) in [5, 5.41) is 0. The zero-order chi connectivity index (χ0) is 12.1. The first-order valence-electron chi connectivity index (χ1n) is 6.90. The average Bonchev–Trinajstić information content (AvgIpc) is 2.13. The second-order valence-electron chi connectivity index (χ2n) is 7.86. The third kappa shape index (κ3) is 1.96. The van der Waals surface area contributed by atoms with Gasteiger partial charge in [-0.3, -0.25) is 0 Å². The van der Waals surface area contributed by atoms with Crippen molar-refractivity contribution in [3.63, 3.8) is 0 Å². The first-order chi connectivity index (χ1) is 7.22. The minimum absolute atomic E-state index is 0.491. The van der Waals surface area contributed by atoms with E-state index in [9.17, 15) is 0 Å². The van der Waals surface area contributed by atoms with E-state index in [1.165, 1.54) is 25.7 Å². The molecule has 0 aromatic heterocycles. The molecule has 0 aromatic rings. The summed E-state index contributed by atoms with van der Waals surface area (Å²) in [6.45, 7) is 14.4. The van der Waals surface area contributed by atoms with Gasteiger partial charge < -0.3 is 0 Å². The van der Waals surface area contributed by atoms with E-state index in [1.807, 2.05) is 0 Å². The Bertz CT molecular complexity index is 311. The van der Waals surface area contributed by atoms with Crippen molar-refractivity contribution in [3.8, 4) is 0 Å². The molecule has 92 valence electrons. The molecule has 0 radical (unpaired) electrons. The van der Waals surface area contributed by atoms with Gasteiger partial charge in [-0.2, -0.15) is 0 Å². The molecule has 0 heterocycles. The van der Waals surface area contributed by atoms with Crippen molar-refractivity contribution in [1.29, 1.82) is 0 Å². The molecule has 0 aliphatic heterocycles. The highest BCUT2D eigenvalue weighted by atomic mass is 14.6. The van der Waals surface area contributed by atoms with Crippen LogP contribution in [0.5, 0.6) is 0 Å². The van der Waals surface area contributed by atoms with Crippen molar-refractivity contribution >= 4 is 0 Å². The van der Waals surface area contributed by atoms with Crippen LogP contribution in [0.2, 0.25) is 0 Å². The Morgan fingerprint density at radius 1 is 1.25 bits per heavy atom. The number of hydrogen-bond acceptors (Lipinski definition) is 0. The van der Waals surface area contributed by atoms with Crippen molar-refractivity contribution in [2.45, 2.75) is 67.2 Å². The van der Waals surface area contributed by atoms with E-state index in [0.717, 1.165) is 11.8 Å². The van der Waals surface area contributed by atoms with Crippen LogP contribution in [0.4, 0.5) is 0 Å². The maximum Gasteiger partial charge on any atom is -0.0146 e. The van der Waals surface area contributed by atoms with Gasteiger partial charge >= 0.3 is 0 Å². The molecule has 0 nitrogen and oxygen atoms in total. The van der Waals surface area contributed by atoms with Crippen LogP contribution < -0.4 is 0 Å². The zero-order valence-corrected chi connectivity index (χ0v) is 12.0. The van der Waals surface area contributed by atoms with Gasteiger partial charge in [0.25, 0.3) is 0 Å². The maximum atomic E-state index is 2.47. The van der Waals surface area contributed by atoms with Crippen molar-refractivity contribution in [1.82, 2.24) is 0 Å². The molecule has 3 aliphatic rings. The molecular weight excluding hydrogens is 192 g/mol. The van der Waals surface area contributed by atoms with E-state index in [4.69, 9.17) is 0 Å². The first kappa shape index (κ1) is 12.2. The molecule has 0 saturated heterocycles. The summed E-state index contributed by atoms with van der Waals surface area (Å²) in [6, 6.07) is 0. The van der Waals surface area contributed by atoms with Crippen LogP contribution in [0.3, 0.4) is 0 Å². The lowest BCUT2D eigenvalue weighted by Crippen LogP contribution is -2.48. The lowest BCUT2D eigenvalue weighted by Gasteiger charge is -2.58. The molecule has 3 aliphatic carbocycles. The Morgan fingerprint density at radius 3 is 2.31 bits per heavy atom. The van der Waals surface area contributed by atoms with Gasteiger partial charge in [-0.15, -0.1) is 0 Å². The lowest BCUT2D eigenvalue weighted by molar-refractivity contribution is -0.0114. The standard InChI is InChI=1S/C16H28/c1-11-12(7-8-15(2,3)4)9-13-10-14(11)16(13,5)6/h13-14H,7-10H2,1-6H3. The minimum atomic E-state index is 0.491. The first-order valence-corrected chi connectivity index (χ1v) is 6.90. The quantitative estimate of drug-likeness (QED) is 0.561. The van der Waals surface area contributed by atoms with E-state index >= 15 is 0 Å². The predicted octanol–water partition coefficient (Wildman–Crippen LogP) is 5.20. The maximum absolute atomic E-state index is 2.47. The molecule has 1 saturated carbocycles. The number of rotatable bonds is 2. The minimum Gasteiger partial charge on any atom is -0.0707 e. The number of hydrogen-bond donors (Lipinski definition) is 0. The number of allylic oxidation sites excluding steroid dienone is 2. The Labute approximate surface area is 102 Å². The van der Waals surface area contributed by atoms with Crippen LogP contribution in [0, 0.1) is 22.7 Å². The Hall–Kier alpha value is -0.260. The lowest BCUT2D eigenvalue weighted by atomic mass is 9.47. The fourth-order valence-corrected chi connectivity index (χ4v) is 3.63. The molecule has 1 fully saturated rings. The van der Waals surface area contributed by atoms with Crippen LogP contribution in [0.1, 0.15) is 67.2 Å². The van der Waals surface area contributed by atoms with E-state index in [1.54, 1.807) is 11.1 Å². The van der Waals surface area contributed by atoms with Gasteiger partial charge in [-0.1, -0.05) is 45.8 Å². The third-order valence-corrected chi connectivity index (χ3v) is 5.22. The molecule has 0 amide bonds. The fraction of sp³-hybridized carbons (Fsp3) is 0.875. The summed E-state index contributed by atoms with van der Waals surface area (Å²) in [5.74, 6) is 1.89. The van der Waals surface area contributed by atoms with Gasteiger partial charge in [-0.25, -0.2) is 0 Å². The predicted molar refractivity (Wildman–Crippen MR) is 71.4 cm³/mol. The topological polar surface area (TPSA) is 0 Å². The van der Waals surface area contributed by atoms with Gasteiger partial charge in [0.1, 0.15) is 0 Å². The van der Waals surface area contributed by atoms with E-state index in [2.05, 4.69) is 41.5 Å². The molecular formula is C16H28.